The van der Waals surface area contributed by atoms with Gasteiger partial charge in [-0.1, -0.05) is 36.4 Å². The standard InChI is InChI=1S/C18H22N2O4S/c1-13(21)12-25(23,24)11-5-9-16(19)18(22)20-17-10-4-7-14-6-2-3-8-15(14)17/h2-4,6-8,10,16H,5,9,11-12,19H2,1H3,(H,20,22)/t16-/m0/s1. The molecule has 0 aromatic heterocycles. The molecule has 0 unspecified atom stereocenters. The summed E-state index contributed by atoms with van der Waals surface area (Å²) < 4.78 is 23.3. The van der Waals surface area contributed by atoms with Crippen LogP contribution in [0.3, 0.4) is 0 Å². The van der Waals surface area contributed by atoms with Gasteiger partial charge < -0.3 is 11.1 Å². The van der Waals surface area contributed by atoms with Crippen LogP contribution in [0.4, 0.5) is 5.69 Å². The quantitative estimate of drug-likeness (QED) is 0.746. The van der Waals surface area contributed by atoms with Gasteiger partial charge in [-0.15, -0.1) is 0 Å². The Morgan fingerprint density at radius 3 is 2.52 bits per heavy atom. The Bertz CT molecular complexity index is 872. The summed E-state index contributed by atoms with van der Waals surface area (Å²) >= 11 is 0. The third-order valence-corrected chi connectivity index (χ3v) is 5.53. The average Bonchev–Trinajstić information content (AvgIpc) is 2.53. The summed E-state index contributed by atoms with van der Waals surface area (Å²) in [5.41, 5.74) is 6.54. The first-order valence-corrected chi connectivity index (χ1v) is 9.85. The number of benzene rings is 2. The zero-order valence-electron chi connectivity index (χ0n) is 14.1. The molecule has 2 rings (SSSR count). The van der Waals surface area contributed by atoms with Crippen LogP contribution in [0.15, 0.2) is 42.5 Å². The average molecular weight is 362 g/mol. The van der Waals surface area contributed by atoms with Gasteiger partial charge in [-0.3, -0.25) is 9.59 Å². The summed E-state index contributed by atoms with van der Waals surface area (Å²) in [7, 11) is -3.43. The second kappa shape index (κ2) is 8.22. The van der Waals surface area contributed by atoms with Gasteiger partial charge in [0.15, 0.2) is 9.84 Å². The van der Waals surface area contributed by atoms with Gasteiger partial charge in [-0.05, 0) is 31.2 Å². The van der Waals surface area contributed by atoms with Gasteiger partial charge in [0.05, 0.1) is 11.8 Å². The van der Waals surface area contributed by atoms with Crippen molar-refractivity contribution in [3.05, 3.63) is 42.5 Å². The fourth-order valence-electron chi connectivity index (χ4n) is 2.60. The van der Waals surface area contributed by atoms with Crippen molar-refractivity contribution >= 4 is 38.0 Å². The maximum absolute atomic E-state index is 12.2. The van der Waals surface area contributed by atoms with Gasteiger partial charge in [0.25, 0.3) is 0 Å². The first kappa shape index (κ1) is 19.1. The molecule has 0 bridgehead atoms. The van der Waals surface area contributed by atoms with Crippen molar-refractivity contribution in [3.63, 3.8) is 0 Å². The minimum atomic E-state index is -3.43. The van der Waals surface area contributed by atoms with E-state index in [-0.39, 0.29) is 24.5 Å². The molecular formula is C18H22N2O4S. The molecule has 0 saturated carbocycles. The van der Waals surface area contributed by atoms with Gasteiger partial charge in [0.1, 0.15) is 11.5 Å². The predicted molar refractivity (Wildman–Crippen MR) is 99.1 cm³/mol. The molecule has 25 heavy (non-hydrogen) atoms. The Balaban J connectivity index is 1.93. The van der Waals surface area contributed by atoms with Gasteiger partial charge in [-0.25, -0.2) is 8.42 Å². The molecule has 0 heterocycles. The lowest BCUT2D eigenvalue weighted by Crippen LogP contribution is -2.36. The molecule has 6 nitrogen and oxygen atoms in total. The summed E-state index contributed by atoms with van der Waals surface area (Å²) in [4.78, 5) is 23.2. The number of amides is 1. The Morgan fingerprint density at radius 1 is 1.12 bits per heavy atom. The lowest BCUT2D eigenvalue weighted by molar-refractivity contribution is -0.117. The highest BCUT2D eigenvalue weighted by Gasteiger charge is 2.18. The van der Waals surface area contributed by atoms with E-state index in [9.17, 15) is 18.0 Å². The number of rotatable bonds is 8. The van der Waals surface area contributed by atoms with E-state index < -0.39 is 27.4 Å². The summed E-state index contributed by atoms with van der Waals surface area (Å²) in [5.74, 6) is -1.37. The first-order valence-electron chi connectivity index (χ1n) is 8.02. The van der Waals surface area contributed by atoms with Gasteiger partial charge in [0, 0.05) is 11.1 Å². The Hall–Kier alpha value is -2.25. The number of carbonyl (C=O) groups excluding carboxylic acids is 2. The van der Waals surface area contributed by atoms with Crippen LogP contribution < -0.4 is 11.1 Å². The summed E-state index contributed by atoms with van der Waals surface area (Å²) in [6.45, 7) is 1.24. The molecule has 1 atom stereocenters. The Morgan fingerprint density at radius 2 is 1.80 bits per heavy atom. The third-order valence-electron chi connectivity index (χ3n) is 3.78. The van der Waals surface area contributed by atoms with Crippen LogP contribution in [-0.4, -0.2) is 37.7 Å². The Kier molecular flexibility index (Phi) is 6.27. The molecule has 0 saturated heterocycles. The van der Waals surface area contributed by atoms with Crippen molar-refractivity contribution in [2.75, 3.05) is 16.8 Å². The van der Waals surface area contributed by atoms with Gasteiger partial charge in [-0.2, -0.15) is 0 Å². The number of carbonyl (C=O) groups is 2. The van der Waals surface area contributed by atoms with Crippen molar-refractivity contribution < 1.29 is 18.0 Å². The van der Waals surface area contributed by atoms with E-state index in [2.05, 4.69) is 5.32 Å². The third kappa shape index (κ3) is 5.65. The number of Topliss-reactive ketones (excluding diaryl/α,β-unsaturated/α-hetero) is 1. The molecule has 0 radical (unpaired) electrons. The molecule has 2 aromatic carbocycles. The van der Waals surface area contributed by atoms with Crippen LogP contribution in [0, 0.1) is 0 Å². The second-order valence-electron chi connectivity index (χ2n) is 6.06. The molecule has 0 fully saturated rings. The molecule has 7 heteroatoms. The lowest BCUT2D eigenvalue weighted by Gasteiger charge is -2.14. The molecule has 0 spiro atoms. The normalized spacial score (nSPS) is 12.7. The number of hydrogen-bond acceptors (Lipinski definition) is 5. The molecule has 0 aliphatic heterocycles. The van der Waals surface area contributed by atoms with Crippen molar-refractivity contribution in [1.29, 1.82) is 0 Å². The van der Waals surface area contributed by atoms with Crippen LogP contribution in [0.2, 0.25) is 0 Å². The summed E-state index contributed by atoms with van der Waals surface area (Å²) in [6.07, 6.45) is 0.466. The predicted octanol–water partition coefficient (Wildman–Crippen LogP) is 1.89. The van der Waals surface area contributed by atoms with Crippen molar-refractivity contribution in [2.45, 2.75) is 25.8 Å². The number of nitrogens with two attached hydrogens (primary N) is 1. The van der Waals surface area contributed by atoms with Gasteiger partial charge in [0.2, 0.25) is 5.91 Å². The number of ketones is 1. The Labute approximate surface area is 147 Å². The fourth-order valence-corrected chi connectivity index (χ4v) is 3.97. The van der Waals surface area contributed by atoms with Crippen LogP contribution in [0.25, 0.3) is 10.8 Å². The van der Waals surface area contributed by atoms with E-state index in [1.807, 2.05) is 36.4 Å². The van der Waals surface area contributed by atoms with E-state index in [1.54, 1.807) is 6.07 Å². The number of nitrogens with one attached hydrogen (secondary N) is 1. The molecule has 0 aliphatic carbocycles. The zero-order chi connectivity index (χ0) is 18.4. The topological polar surface area (TPSA) is 106 Å². The van der Waals surface area contributed by atoms with Crippen LogP contribution in [0.5, 0.6) is 0 Å². The van der Waals surface area contributed by atoms with Gasteiger partial charge >= 0.3 is 0 Å². The number of fused-ring (bicyclic) bond motifs is 1. The monoisotopic (exact) mass is 362 g/mol. The highest BCUT2D eigenvalue weighted by molar-refractivity contribution is 7.92. The van der Waals surface area contributed by atoms with E-state index in [0.717, 1.165) is 10.8 Å². The first-order chi connectivity index (χ1) is 11.8. The maximum atomic E-state index is 12.2. The highest BCUT2D eigenvalue weighted by Crippen LogP contribution is 2.23. The molecular weight excluding hydrogens is 340 g/mol. The largest absolute Gasteiger partial charge is 0.324 e. The fraction of sp³-hybridized carbons (Fsp3) is 0.333. The maximum Gasteiger partial charge on any atom is 0.241 e. The van der Waals surface area contributed by atoms with Crippen molar-refractivity contribution in [1.82, 2.24) is 0 Å². The van der Waals surface area contributed by atoms with E-state index in [4.69, 9.17) is 5.73 Å². The summed E-state index contributed by atoms with van der Waals surface area (Å²) in [6, 6.07) is 12.4. The van der Waals surface area contributed by atoms with Crippen LogP contribution >= 0.6 is 0 Å². The minimum absolute atomic E-state index is 0.151. The van der Waals surface area contributed by atoms with E-state index in [0.29, 0.717) is 5.69 Å². The number of sulfone groups is 1. The van der Waals surface area contributed by atoms with Crippen LogP contribution in [-0.2, 0) is 19.4 Å². The molecule has 134 valence electrons. The van der Waals surface area contributed by atoms with E-state index in [1.165, 1.54) is 6.92 Å². The number of hydrogen-bond donors (Lipinski definition) is 2. The lowest BCUT2D eigenvalue weighted by atomic mass is 10.1. The number of anilines is 1. The minimum Gasteiger partial charge on any atom is -0.324 e. The smallest absolute Gasteiger partial charge is 0.241 e. The second-order valence-corrected chi connectivity index (χ2v) is 8.24. The van der Waals surface area contributed by atoms with E-state index >= 15 is 0 Å². The highest BCUT2D eigenvalue weighted by atomic mass is 32.2. The molecule has 0 aliphatic rings. The molecule has 3 N–H and O–H groups in total. The summed E-state index contributed by atoms with van der Waals surface area (Å²) in [5, 5.41) is 4.71. The van der Waals surface area contributed by atoms with Crippen molar-refractivity contribution in [2.24, 2.45) is 5.73 Å². The molecule has 1 amide bonds. The molecule has 2 aromatic rings. The zero-order valence-corrected chi connectivity index (χ0v) is 14.9. The SMILES string of the molecule is CC(=O)CS(=O)(=O)CCC[C@H](N)C(=O)Nc1cccc2ccccc12. The van der Waals surface area contributed by atoms with Crippen LogP contribution in [0.1, 0.15) is 19.8 Å². The van der Waals surface area contributed by atoms with Crippen molar-refractivity contribution in [3.8, 4) is 0 Å².